The molecule has 0 spiro atoms. The molecule has 7 nitrogen and oxygen atoms in total. The normalized spacial score (nSPS) is 22.2. The first kappa shape index (κ1) is 16.0. The molecule has 1 fully saturated rings. The number of ether oxygens (including phenoxy) is 1. The van der Waals surface area contributed by atoms with Gasteiger partial charge in [-0.2, -0.15) is 0 Å². The molecule has 0 radical (unpaired) electrons. The first-order valence-corrected chi connectivity index (χ1v) is 8.59. The lowest BCUT2D eigenvalue weighted by Crippen LogP contribution is -2.49. The highest BCUT2D eigenvalue weighted by atomic mass is 16.5. The fraction of sp³-hybridized carbons (Fsp3) is 0.444. The Morgan fingerprint density at radius 2 is 2.04 bits per heavy atom. The first-order chi connectivity index (χ1) is 12.2. The van der Waals surface area contributed by atoms with Crippen molar-refractivity contribution in [3.8, 4) is 0 Å². The van der Waals surface area contributed by atoms with Crippen LogP contribution in [0.3, 0.4) is 0 Å². The van der Waals surface area contributed by atoms with Crippen molar-refractivity contribution in [2.45, 2.75) is 38.0 Å². The van der Waals surface area contributed by atoms with Crippen LogP contribution in [-0.2, 0) is 16.1 Å². The van der Waals surface area contributed by atoms with Gasteiger partial charge < -0.3 is 9.64 Å². The molecule has 7 heteroatoms. The van der Waals surface area contributed by atoms with Crippen molar-refractivity contribution >= 4 is 11.7 Å². The summed E-state index contributed by atoms with van der Waals surface area (Å²) < 4.78 is 7.74. The highest BCUT2D eigenvalue weighted by Crippen LogP contribution is 2.30. The van der Waals surface area contributed by atoms with Crippen LogP contribution in [0, 0.1) is 0 Å². The molecule has 2 aliphatic heterocycles. The molecule has 0 N–H and O–H groups in total. The number of likely N-dealkylation sites (tertiary alicyclic amines) is 1. The van der Waals surface area contributed by atoms with Gasteiger partial charge >= 0.3 is 0 Å². The maximum absolute atomic E-state index is 12.5. The smallest absolute Gasteiger partial charge is 0.223 e. The van der Waals surface area contributed by atoms with Crippen LogP contribution in [0.1, 0.15) is 41.4 Å². The Morgan fingerprint density at radius 1 is 1.20 bits per heavy atom. The molecule has 4 rings (SSSR count). The summed E-state index contributed by atoms with van der Waals surface area (Å²) in [5.74, 6) is 0.0124. The number of piperidine rings is 1. The summed E-state index contributed by atoms with van der Waals surface area (Å²) in [5.41, 5.74) is 1.59. The van der Waals surface area contributed by atoms with Crippen molar-refractivity contribution in [1.29, 1.82) is 0 Å². The lowest BCUT2D eigenvalue weighted by atomic mass is 9.99. The summed E-state index contributed by atoms with van der Waals surface area (Å²) in [6.45, 7) is 1.73. The molecule has 2 atom stereocenters. The molecule has 0 unspecified atom stereocenters. The van der Waals surface area contributed by atoms with E-state index in [1.165, 1.54) is 0 Å². The summed E-state index contributed by atoms with van der Waals surface area (Å²) in [6, 6.07) is 9.11. The van der Waals surface area contributed by atoms with Crippen molar-refractivity contribution in [2.75, 3.05) is 13.1 Å². The minimum Gasteiger partial charge on any atom is -0.370 e. The van der Waals surface area contributed by atoms with E-state index in [1.54, 1.807) is 18.3 Å². The molecule has 3 heterocycles. The summed E-state index contributed by atoms with van der Waals surface area (Å²) in [5, 5.41) is 8.09. The Bertz CT molecular complexity index is 774. The number of ketones is 1. The first-order valence-electron chi connectivity index (χ1n) is 8.59. The molecule has 0 bridgehead atoms. The molecular weight excluding hydrogens is 320 g/mol. The summed E-state index contributed by atoms with van der Waals surface area (Å²) in [6.07, 6.45) is 3.02. The molecule has 0 aliphatic carbocycles. The van der Waals surface area contributed by atoms with Crippen LogP contribution in [0.4, 0.5) is 0 Å². The van der Waals surface area contributed by atoms with Crippen LogP contribution < -0.4 is 0 Å². The fourth-order valence-electron chi connectivity index (χ4n) is 3.55. The van der Waals surface area contributed by atoms with Gasteiger partial charge in [0.2, 0.25) is 5.91 Å². The van der Waals surface area contributed by atoms with Gasteiger partial charge in [-0.25, -0.2) is 4.68 Å². The molecule has 2 aliphatic rings. The average molecular weight is 340 g/mol. The Labute approximate surface area is 145 Å². The number of hydrogen-bond acceptors (Lipinski definition) is 5. The van der Waals surface area contributed by atoms with E-state index in [2.05, 4.69) is 10.3 Å². The van der Waals surface area contributed by atoms with E-state index < -0.39 is 0 Å². The van der Waals surface area contributed by atoms with Crippen LogP contribution in [0.15, 0.2) is 36.5 Å². The van der Waals surface area contributed by atoms with Gasteiger partial charge in [-0.05, 0) is 6.42 Å². The number of benzene rings is 1. The van der Waals surface area contributed by atoms with E-state index in [9.17, 15) is 9.59 Å². The molecule has 0 saturated carbocycles. The molecular formula is C18H20N4O3. The lowest BCUT2D eigenvalue weighted by molar-refractivity contribution is -0.138. The molecule has 25 heavy (non-hydrogen) atoms. The van der Waals surface area contributed by atoms with Crippen molar-refractivity contribution in [3.63, 3.8) is 0 Å². The number of nitrogens with zero attached hydrogens (tertiary/aromatic N) is 4. The summed E-state index contributed by atoms with van der Waals surface area (Å²) in [4.78, 5) is 26.5. The third-order valence-electron chi connectivity index (χ3n) is 4.94. The van der Waals surface area contributed by atoms with Gasteiger partial charge in [0.25, 0.3) is 0 Å². The Kier molecular flexibility index (Phi) is 4.31. The number of rotatable bonds is 4. The molecule has 1 aromatic carbocycles. The third-order valence-corrected chi connectivity index (χ3v) is 4.94. The van der Waals surface area contributed by atoms with Crippen LogP contribution in [0.2, 0.25) is 0 Å². The quantitative estimate of drug-likeness (QED) is 0.790. The second-order valence-electron chi connectivity index (χ2n) is 6.50. The second kappa shape index (κ2) is 6.76. The van der Waals surface area contributed by atoms with Gasteiger partial charge in [-0.1, -0.05) is 35.5 Å². The zero-order valence-corrected chi connectivity index (χ0v) is 13.9. The van der Waals surface area contributed by atoms with Crippen LogP contribution >= 0.6 is 0 Å². The maximum Gasteiger partial charge on any atom is 0.223 e. The highest BCUT2D eigenvalue weighted by Gasteiger charge is 2.37. The van der Waals surface area contributed by atoms with Crippen molar-refractivity contribution in [1.82, 2.24) is 19.9 Å². The SMILES string of the molecule is O=C(CCC(=O)N1CC[C@@H]2OCc3cnnn3[C@@H]2C1)c1ccccc1. The van der Waals surface area contributed by atoms with E-state index in [-0.39, 0.29) is 36.7 Å². The van der Waals surface area contributed by atoms with Crippen molar-refractivity contribution < 1.29 is 14.3 Å². The predicted molar refractivity (Wildman–Crippen MR) is 88.8 cm³/mol. The average Bonchev–Trinajstić information content (AvgIpc) is 3.15. The minimum absolute atomic E-state index is 0.00315. The Morgan fingerprint density at radius 3 is 2.88 bits per heavy atom. The third kappa shape index (κ3) is 3.19. The Balaban J connectivity index is 1.37. The number of carbonyl (C=O) groups excluding carboxylic acids is 2. The van der Waals surface area contributed by atoms with Gasteiger partial charge in [0.15, 0.2) is 5.78 Å². The highest BCUT2D eigenvalue weighted by molar-refractivity contribution is 5.97. The topological polar surface area (TPSA) is 77.3 Å². The number of aromatic nitrogens is 3. The lowest BCUT2D eigenvalue weighted by Gasteiger charge is -2.41. The van der Waals surface area contributed by atoms with Gasteiger partial charge in [-0.3, -0.25) is 9.59 Å². The van der Waals surface area contributed by atoms with E-state index in [0.717, 1.165) is 12.1 Å². The number of fused-ring (bicyclic) bond motifs is 3. The Hall–Kier alpha value is -2.54. The zero-order chi connectivity index (χ0) is 17.2. The van der Waals surface area contributed by atoms with Gasteiger partial charge in [-0.15, -0.1) is 5.10 Å². The van der Waals surface area contributed by atoms with E-state index in [1.807, 2.05) is 27.8 Å². The number of carbonyl (C=O) groups is 2. The summed E-state index contributed by atoms with van der Waals surface area (Å²) >= 11 is 0. The number of hydrogen-bond donors (Lipinski definition) is 0. The zero-order valence-electron chi connectivity index (χ0n) is 13.9. The van der Waals surface area contributed by atoms with Gasteiger partial charge in [0.1, 0.15) is 0 Å². The van der Waals surface area contributed by atoms with Crippen LogP contribution in [0.5, 0.6) is 0 Å². The molecule has 130 valence electrons. The monoisotopic (exact) mass is 340 g/mol. The largest absolute Gasteiger partial charge is 0.370 e. The van der Waals surface area contributed by atoms with Crippen LogP contribution in [0.25, 0.3) is 0 Å². The molecule has 2 aromatic rings. The number of amides is 1. The molecule has 1 aromatic heterocycles. The van der Waals surface area contributed by atoms with Crippen molar-refractivity contribution in [2.24, 2.45) is 0 Å². The number of Topliss-reactive ketones (excluding diaryl/α,β-unsaturated/α-hetero) is 1. The predicted octanol–water partition coefficient (Wildman–Crippen LogP) is 1.61. The standard InChI is InChI=1S/C18H20N4O3/c23-16(13-4-2-1-3-5-13)6-7-18(24)21-9-8-17-15(11-21)22-14(12-25-17)10-19-20-22/h1-5,10,15,17H,6-9,11-12H2/t15-,17+/m1/s1. The van der Waals surface area contributed by atoms with Gasteiger partial charge in [0, 0.05) is 31.5 Å². The maximum atomic E-state index is 12.5. The van der Waals surface area contributed by atoms with E-state index >= 15 is 0 Å². The van der Waals surface area contributed by atoms with E-state index in [0.29, 0.717) is 25.3 Å². The van der Waals surface area contributed by atoms with Crippen LogP contribution in [-0.4, -0.2) is 50.8 Å². The van der Waals surface area contributed by atoms with Gasteiger partial charge in [0.05, 0.1) is 30.6 Å². The second-order valence-corrected chi connectivity index (χ2v) is 6.50. The fourth-order valence-corrected chi connectivity index (χ4v) is 3.55. The molecule has 1 amide bonds. The van der Waals surface area contributed by atoms with Crippen molar-refractivity contribution in [3.05, 3.63) is 47.8 Å². The summed E-state index contributed by atoms with van der Waals surface area (Å²) in [7, 11) is 0. The van der Waals surface area contributed by atoms with E-state index in [4.69, 9.17) is 4.74 Å². The molecule has 1 saturated heterocycles. The minimum atomic E-state index is 0.00315.